The number of furan rings is 1. The molecule has 0 aliphatic rings. The molecule has 0 aromatic carbocycles. The van der Waals surface area contributed by atoms with Crippen LogP contribution in [-0.2, 0) is 4.74 Å². The fourth-order valence-electron chi connectivity index (χ4n) is 1.99. The molecule has 0 atom stereocenters. The Hall–Kier alpha value is -3.24. The number of thiazole rings is 1. The summed E-state index contributed by atoms with van der Waals surface area (Å²) in [5.74, 6) is -0.112. The van der Waals surface area contributed by atoms with Gasteiger partial charge in [-0.25, -0.2) is 9.78 Å². The first-order valence-electron chi connectivity index (χ1n) is 6.86. The average molecular weight is 337 g/mol. The first-order valence-corrected chi connectivity index (χ1v) is 7.74. The molecular formula is C17H11N3O3S. The largest absolute Gasteiger partial charge is 0.465 e. The number of hydrogen-bond acceptors (Lipinski definition) is 7. The Bertz CT molecular complexity index is 935. The predicted molar refractivity (Wildman–Crippen MR) is 88.9 cm³/mol. The van der Waals surface area contributed by atoms with E-state index in [4.69, 9.17) is 4.42 Å². The van der Waals surface area contributed by atoms with E-state index >= 15 is 0 Å². The third-order valence-corrected chi connectivity index (χ3v) is 4.03. The fourth-order valence-corrected chi connectivity index (χ4v) is 2.78. The predicted octanol–water partition coefficient (Wildman–Crippen LogP) is 3.65. The number of esters is 1. The summed E-state index contributed by atoms with van der Waals surface area (Å²) in [6, 6.07) is 7.32. The van der Waals surface area contributed by atoms with Gasteiger partial charge in [-0.3, -0.25) is 4.98 Å². The van der Waals surface area contributed by atoms with Crippen LogP contribution in [0, 0.1) is 11.3 Å². The van der Waals surface area contributed by atoms with Crippen molar-refractivity contribution in [3.63, 3.8) is 0 Å². The SMILES string of the molecule is COC(=O)c1coc(C=C(C#N)c2nc(-c3ccncc3)cs2)c1. The van der Waals surface area contributed by atoms with E-state index in [-0.39, 0.29) is 5.56 Å². The first kappa shape index (κ1) is 15.6. The molecule has 6 nitrogen and oxygen atoms in total. The first-order chi connectivity index (χ1) is 11.7. The van der Waals surface area contributed by atoms with Crippen LogP contribution in [0.1, 0.15) is 21.1 Å². The van der Waals surface area contributed by atoms with Gasteiger partial charge in [-0.1, -0.05) is 0 Å². The molecule has 0 saturated carbocycles. The van der Waals surface area contributed by atoms with E-state index in [9.17, 15) is 10.1 Å². The smallest absolute Gasteiger partial charge is 0.341 e. The maximum Gasteiger partial charge on any atom is 0.341 e. The van der Waals surface area contributed by atoms with Gasteiger partial charge in [-0.2, -0.15) is 5.26 Å². The van der Waals surface area contributed by atoms with Crippen LogP contribution in [-0.4, -0.2) is 23.0 Å². The number of methoxy groups -OCH3 is 1. The Labute approximate surface area is 141 Å². The monoisotopic (exact) mass is 337 g/mol. The van der Waals surface area contributed by atoms with Crippen molar-refractivity contribution in [2.45, 2.75) is 0 Å². The number of carbonyl (C=O) groups excluding carboxylic acids is 1. The number of hydrogen-bond donors (Lipinski definition) is 0. The van der Waals surface area contributed by atoms with E-state index in [1.165, 1.54) is 30.8 Å². The van der Waals surface area contributed by atoms with E-state index in [1.807, 2.05) is 17.5 Å². The van der Waals surface area contributed by atoms with E-state index in [0.29, 0.717) is 16.3 Å². The molecule has 0 unspecified atom stereocenters. The lowest BCUT2D eigenvalue weighted by molar-refractivity contribution is 0.0600. The quantitative estimate of drug-likeness (QED) is 0.533. The van der Waals surface area contributed by atoms with Crippen molar-refractivity contribution in [1.29, 1.82) is 5.26 Å². The summed E-state index contributed by atoms with van der Waals surface area (Å²) < 4.78 is 9.89. The van der Waals surface area contributed by atoms with Gasteiger partial charge in [-0.15, -0.1) is 11.3 Å². The van der Waals surface area contributed by atoms with Crippen molar-refractivity contribution in [2.24, 2.45) is 0 Å². The summed E-state index contributed by atoms with van der Waals surface area (Å²) in [5, 5.41) is 11.8. The van der Waals surface area contributed by atoms with Crippen LogP contribution in [0.4, 0.5) is 0 Å². The molecule has 0 aliphatic heterocycles. The van der Waals surface area contributed by atoms with Gasteiger partial charge in [0.25, 0.3) is 0 Å². The lowest BCUT2D eigenvalue weighted by Crippen LogP contribution is -1.98. The number of ether oxygens (including phenoxy) is 1. The molecule has 3 rings (SSSR count). The second kappa shape index (κ2) is 6.89. The molecule has 7 heteroatoms. The zero-order valence-electron chi connectivity index (χ0n) is 12.6. The molecule has 0 fully saturated rings. The number of carbonyl (C=O) groups is 1. The van der Waals surface area contributed by atoms with Crippen LogP contribution >= 0.6 is 11.3 Å². The molecular weight excluding hydrogens is 326 g/mol. The van der Waals surface area contributed by atoms with Crippen molar-refractivity contribution < 1.29 is 13.9 Å². The lowest BCUT2D eigenvalue weighted by Gasteiger charge is -1.94. The third kappa shape index (κ3) is 3.24. The normalized spacial score (nSPS) is 11.1. The molecule has 0 bridgehead atoms. The zero-order chi connectivity index (χ0) is 16.9. The summed E-state index contributed by atoms with van der Waals surface area (Å²) in [6.45, 7) is 0. The van der Waals surface area contributed by atoms with Crippen molar-refractivity contribution in [1.82, 2.24) is 9.97 Å². The van der Waals surface area contributed by atoms with Crippen molar-refractivity contribution in [3.8, 4) is 17.3 Å². The average Bonchev–Trinajstić information content (AvgIpc) is 3.29. The number of rotatable bonds is 4. The van der Waals surface area contributed by atoms with Crippen molar-refractivity contribution in [2.75, 3.05) is 7.11 Å². The van der Waals surface area contributed by atoms with Gasteiger partial charge in [0.2, 0.25) is 0 Å². The van der Waals surface area contributed by atoms with Crippen LogP contribution < -0.4 is 0 Å². The van der Waals surface area contributed by atoms with E-state index in [1.54, 1.807) is 18.5 Å². The van der Waals surface area contributed by atoms with Crippen LogP contribution in [0.15, 0.2) is 46.7 Å². The van der Waals surface area contributed by atoms with Crippen LogP contribution in [0.2, 0.25) is 0 Å². The second-order valence-electron chi connectivity index (χ2n) is 4.67. The number of aromatic nitrogens is 2. The van der Waals surface area contributed by atoms with Gasteiger partial charge < -0.3 is 9.15 Å². The Morgan fingerprint density at radius 3 is 2.92 bits per heavy atom. The number of nitriles is 1. The van der Waals surface area contributed by atoms with Crippen LogP contribution in [0.5, 0.6) is 0 Å². The Morgan fingerprint density at radius 2 is 2.21 bits per heavy atom. The summed E-state index contributed by atoms with van der Waals surface area (Å²) in [6.07, 6.45) is 6.21. The summed E-state index contributed by atoms with van der Waals surface area (Å²) in [4.78, 5) is 19.9. The van der Waals surface area contributed by atoms with E-state index < -0.39 is 5.97 Å². The lowest BCUT2D eigenvalue weighted by atomic mass is 10.2. The molecule has 0 spiro atoms. The van der Waals surface area contributed by atoms with E-state index in [2.05, 4.69) is 20.8 Å². The standard InChI is InChI=1S/C17H11N3O3S/c1-22-17(21)13-7-14(23-9-13)6-12(8-18)16-20-15(10-24-16)11-2-4-19-5-3-11/h2-7,9-10H,1H3. The van der Waals surface area contributed by atoms with Crippen LogP contribution in [0.25, 0.3) is 22.9 Å². The minimum Gasteiger partial charge on any atom is -0.465 e. The Balaban J connectivity index is 1.90. The van der Waals surface area contributed by atoms with Crippen molar-refractivity contribution >= 4 is 29.0 Å². The summed E-state index contributed by atoms with van der Waals surface area (Å²) in [5.41, 5.74) is 2.34. The molecule has 3 aromatic rings. The molecule has 0 N–H and O–H groups in total. The highest BCUT2D eigenvalue weighted by Gasteiger charge is 2.12. The number of nitrogens with zero attached hydrogens (tertiary/aromatic N) is 3. The number of allylic oxidation sites excluding steroid dienone is 1. The van der Waals surface area contributed by atoms with Gasteiger partial charge in [-0.05, 0) is 18.2 Å². The van der Waals surface area contributed by atoms with Crippen molar-refractivity contribution in [3.05, 3.63) is 58.6 Å². The summed E-state index contributed by atoms with van der Waals surface area (Å²) >= 11 is 1.36. The van der Waals surface area contributed by atoms with Gasteiger partial charge in [0.05, 0.1) is 23.9 Å². The molecule has 3 heterocycles. The van der Waals surface area contributed by atoms with Gasteiger partial charge in [0, 0.05) is 29.4 Å². The van der Waals surface area contributed by atoms with E-state index in [0.717, 1.165) is 11.3 Å². The molecule has 0 saturated heterocycles. The van der Waals surface area contributed by atoms with Gasteiger partial charge in [0.1, 0.15) is 23.1 Å². The zero-order valence-corrected chi connectivity index (χ0v) is 13.4. The molecule has 0 aliphatic carbocycles. The highest BCUT2D eigenvalue weighted by atomic mass is 32.1. The maximum atomic E-state index is 11.4. The molecule has 24 heavy (non-hydrogen) atoms. The molecule has 3 aromatic heterocycles. The Kier molecular flexibility index (Phi) is 4.50. The molecule has 0 radical (unpaired) electrons. The highest BCUT2D eigenvalue weighted by molar-refractivity contribution is 7.11. The summed E-state index contributed by atoms with van der Waals surface area (Å²) in [7, 11) is 1.29. The minimum atomic E-state index is -0.494. The van der Waals surface area contributed by atoms with Gasteiger partial charge in [0.15, 0.2) is 0 Å². The third-order valence-electron chi connectivity index (χ3n) is 3.16. The molecule has 0 amide bonds. The number of pyridine rings is 1. The topological polar surface area (TPSA) is 89.0 Å². The van der Waals surface area contributed by atoms with Gasteiger partial charge >= 0.3 is 5.97 Å². The minimum absolute atomic E-state index is 0.289. The van der Waals surface area contributed by atoms with Crippen LogP contribution in [0.3, 0.4) is 0 Å². The fraction of sp³-hybridized carbons (Fsp3) is 0.0588. The second-order valence-corrected chi connectivity index (χ2v) is 5.53. The molecule has 118 valence electrons. The maximum absolute atomic E-state index is 11.4. The Morgan fingerprint density at radius 1 is 1.42 bits per heavy atom. The highest BCUT2D eigenvalue weighted by Crippen LogP contribution is 2.27.